The molecule has 5 heteroatoms. The van der Waals surface area contributed by atoms with Gasteiger partial charge in [0, 0.05) is 5.02 Å². The molecule has 1 fully saturated rings. The summed E-state index contributed by atoms with van der Waals surface area (Å²) in [5.41, 5.74) is 1.48. The van der Waals surface area contributed by atoms with Crippen LogP contribution in [0.15, 0.2) is 12.1 Å². The number of carbonyl (C=O) groups is 1. The van der Waals surface area contributed by atoms with E-state index in [1.54, 1.807) is 12.1 Å². The van der Waals surface area contributed by atoms with Gasteiger partial charge in [-0.2, -0.15) is 0 Å². The van der Waals surface area contributed by atoms with Gasteiger partial charge in [-0.1, -0.05) is 36.5 Å². The van der Waals surface area contributed by atoms with Gasteiger partial charge >= 0.3 is 0 Å². The van der Waals surface area contributed by atoms with Crippen LogP contribution >= 0.6 is 23.2 Å². The number of rotatable bonds is 3. The second-order valence-corrected chi connectivity index (χ2v) is 6.19. The molecular weight excluding hydrogens is 295 g/mol. The van der Waals surface area contributed by atoms with Crippen molar-refractivity contribution >= 4 is 34.8 Å². The summed E-state index contributed by atoms with van der Waals surface area (Å²) in [6.07, 6.45) is 3.12. The van der Waals surface area contributed by atoms with Crippen LogP contribution in [-0.2, 0) is 4.79 Å². The lowest BCUT2D eigenvalue weighted by Crippen LogP contribution is -2.46. The molecule has 2 N–H and O–H groups in total. The first-order chi connectivity index (χ1) is 9.51. The van der Waals surface area contributed by atoms with E-state index in [9.17, 15) is 4.79 Å². The third-order valence-electron chi connectivity index (χ3n) is 3.91. The number of amides is 1. The molecule has 0 aliphatic carbocycles. The molecule has 1 aromatic rings. The molecule has 1 aromatic carbocycles. The van der Waals surface area contributed by atoms with Crippen LogP contribution in [0, 0.1) is 12.8 Å². The van der Waals surface area contributed by atoms with Crippen LogP contribution in [-0.4, -0.2) is 18.5 Å². The Bertz CT molecular complexity index is 505. The van der Waals surface area contributed by atoms with E-state index in [2.05, 4.69) is 17.6 Å². The molecule has 1 saturated heterocycles. The predicted octanol–water partition coefficient (Wildman–Crippen LogP) is 4.02. The molecule has 110 valence electrons. The molecule has 0 saturated carbocycles. The maximum atomic E-state index is 12.3. The maximum absolute atomic E-state index is 12.3. The van der Waals surface area contributed by atoms with Crippen LogP contribution in [0.4, 0.5) is 5.69 Å². The Morgan fingerprint density at radius 1 is 1.40 bits per heavy atom. The maximum Gasteiger partial charge on any atom is 0.241 e. The van der Waals surface area contributed by atoms with Crippen molar-refractivity contribution < 1.29 is 4.79 Å². The standard InChI is InChI=1S/C15H20Cl2N2O/c1-3-10-4-5-18-14(7-10)15(20)19-13-8-11(16)9(2)6-12(13)17/h6,8,10,14,18H,3-5,7H2,1-2H3,(H,19,20). The number of carbonyl (C=O) groups excluding carboxylic acids is 1. The van der Waals surface area contributed by atoms with Gasteiger partial charge in [0.05, 0.1) is 16.8 Å². The molecule has 0 aromatic heterocycles. The first kappa shape index (κ1) is 15.6. The molecule has 0 spiro atoms. The monoisotopic (exact) mass is 314 g/mol. The van der Waals surface area contributed by atoms with E-state index in [1.807, 2.05) is 6.92 Å². The quantitative estimate of drug-likeness (QED) is 0.884. The van der Waals surface area contributed by atoms with E-state index < -0.39 is 0 Å². The Morgan fingerprint density at radius 3 is 2.85 bits per heavy atom. The van der Waals surface area contributed by atoms with Crippen molar-refractivity contribution in [2.24, 2.45) is 5.92 Å². The van der Waals surface area contributed by atoms with Crippen LogP contribution in [0.5, 0.6) is 0 Å². The van der Waals surface area contributed by atoms with Crippen molar-refractivity contribution in [3.63, 3.8) is 0 Å². The molecule has 0 bridgehead atoms. The van der Waals surface area contributed by atoms with Gasteiger partial charge in [-0.25, -0.2) is 0 Å². The highest BCUT2D eigenvalue weighted by atomic mass is 35.5. The number of benzene rings is 1. The molecule has 1 amide bonds. The Hall–Kier alpha value is -0.770. The second-order valence-electron chi connectivity index (χ2n) is 5.38. The Morgan fingerprint density at radius 2 is 2.15 bits per heavy atom. The minimum atomic E-state index is -0.148. The molecular formula is C15H20Cl2N2O. The molecule has 2 atom stereocenters. The van der Waals surface area contributed by atoms with E-state index in [0.29, 0.717) is 21.7 Å². The van der Waals surface area contributed by atoms with Crippen molar-refractivity contribution in [3.8, 4) is 0 Å². The minimum Gasteiger partial charge on any atom is -0.323 e. The lowest BCUT2D eigenvalue weighted by molar-refractivity contribution is -0.119. The van der Waals surface area contributed by atoms with Crippen LogP contribution in [0.25, 0.3) is 0 Å². The fourth-order valence-electron chi connectivity index (χ4n) is 2.53. The summed E-state index contributed by atoms with van der Waals surface area (Å²) in [5.74, 6) is 0.578. The van der Waals surface area contributed by atoms with E-state index in [1.165, 1.54) is 0 Å². The zero-order valence-corrected chi connectivity index (χ0v) is 13.3. The third-order valence-corrected chi connectivity index (χ3v) is 4.63. The number of piperidine rings is 1. The Balaban J connectivity index is 2.06. The highest BCUT2D eigenvalue weighted by Crippen LogP contribution is 2.29. The summed E-state index contributed by atoms with van der Waals surface area (Å²) < 4.78 is 0. The van der Waals surface area contributed by atoms with Gasteiger partial charge in [-0.05, 0) is 49.9 Å². The molecule has 1 aliphatic heterocycles. The topological polar surface area (TPSA) is 41.1 Å². The van der Waals surface area contributed by atoms with Crippen molar-refractivity contribution in [3.05, 3.63) is 27.7 Å². The Kier molecular flexibility index (Phi) is 5.30. The predicted molar refractivity (Wildman–Crippen MR) is 84.6 cm³/mol. The largest absolute Gasteiger partial charge is 0.323 e. The number of hydrogen-bond acceptors (Lipinski definition) is 2. The van der Waals surface area contributed by atoms with Gasteiger partial charge in [0.15, 0.2) is 0 Å². The molecule has 2 rings (SSSR count). The number of halogens is 2. The van der Waals surface area contributed by atoms with Gasteiger partial charge in [0.25, 0.3) is 0 Å². The summed E-state index contributed by atoms with van der Waals surface area (Å²) in [5, 5.41) is 7.26. The summed E-state index contributed by atoms with van der Waals surface area (Å²) in [7, 11) is 0. The summed E-state index contributed by atoms with van der Waals surface area (Å²) in [6.45, 7) is 4.94. The molecule has 1 aliphatic rings. The van der Waals surface area contributed by atoms with Crippen LogP contribution in [0.3, 0.4) is 0 Å². The fourth-order valence-corrected chi connectivity index (χ4v) is 2.96. The third kappa shape index (κ3) is 3.66. The van der Waals surface area contributed by atoms with E-state index in [0.717, 1.165) is 31.4 Å². The smallest absolute Gasteiger partial charge is 0.241 e. The van der Waals surface area contributed by atoms with Crippen molar-refractivity contribution in [2.75, 3.05) is 11.9 Å². The summed E-state index contributed by atoms with van der Waals surface area (Å²) >= 11 is 12.2. The van der Waals surface area contributed by atoms with Gasteiger partial charge in [-0.3, -0.25) is 4.79 Å². The average Bonchev–Trinajstić information content (AvgIpc) is 2.44. The van der Waals surface area contributed by atoms with Crippen LogP contribution < -0.4 is 10.6 Å². The number of aryl methyl sites for hydroxylation is 1. The van der Waals surface area contributed by atoms with Crippen molar-refractivity contribution in [1.29, 1.82) is 0 Å². The van der Waals surface area contributed by atoms with E-state index >= 15 is 0 Å². The zero-order valence-electron chi connectivity index (χ0n) is 11.8. The second kappa shape index (κ2) is 6.79. The van der Waals surface area contributed by atoms with Crippen LogP contribution in [0.2, 0.25) is 10.0 Å². The highest BCUT2D eigenvalue weighted by molar-refractivity contribution is 6.36. The van der Waals surface area contributed by atoms with E-state index in [-0.39, 0.29) is 11.9 Å². The zero-order chi connectivity index (χ0) is 14.7. The van der Waals surface area contributed by atoms with E-state index in [4.69, 9.17) is 23.2 Å². The van der Waals surface area contributed by atoms with Gasteiger partial charge in [-0.15, -0.1) is 0 Å². The molecule has 20 heavy (non-hydrogen) atoms. The molecule has 3 nitrogen and oxygen atoms in total. The average molecular weight is 315 g/mol. The first-order valence-corrected chi connectivity index (χ1v) is 7.76. The highest BCUT2D eigenvalue weighted by Gasteiger charge is 2.26. The SMILES string of the molecule is CCC1CCNC(C(=O)Nc2cc(Cl)c(C)cc2Cl)C1. The number of nitrogens with one attached hydrogen (secondary N) is 2. The summed E-state index contributed by atoms with van der Waals surface area (Å²) in [4.78, 5) is 12.3. The van der Waals surface area contributed by atoms with Crippen molar-refractivity contribution in [1.82, 2.24) is 5.32 Å². The molecule has 1 heterocycles. The minimum absolute atomic E-state index is 0.0371. The lowest BCUT2D eigenvalue weighted by atomic mass is 9.90. The number of hydrogen-bond donors (Lipinski definition) is 2. The molecule has 0 radical (unpaired) electrons. The van der Waals surface area contributed by atoms with Gasteiger partial charge in [0.2, 0.25) is 5.91 Å². The summed E-state index contributed by atoms with van der Waals surface area (Å²) in [6, 6.07) is 3.32. The van der Waals surface area contributed by atoms with Crippen molar-refractivity contribution in [2.45, 2.75) is 39.2 Å². The number of anilines is 1. The van der Waals surface area contributed by atoms with Gasteiger partial charge in [0.1, 0.15) is 0 Å². The Labute approximate surface area is 130 Å². The van der Waals surface area contributed by atoms with Crippen LogP contribution in [0.1, 0.15) is 31.7 Å². The van der Waals surface area contributed by atoms with Gasteiger partial charge < -0.3 is 10.6 Å². The lowest BCUT2D eigenvalue weighted by Gasteiger charge is -2.29. The fraction of sp³-hybridized carbons (Fsp3) is 0.533. The first-order valence-electron chi connectivity index (χ1n) is 7.01. The normalized spacial score (nSPS) is 22.6. The molecule has 2 unspecified atom stereocenters.